The van der Waals surface area contributed by atoms with Crippen molar-refractivity contribution in [2.75, 3.05) is 19.7 Å². The van der Waals surface area contributed by atoms with E-state index in [0.29, 0.717) is 42.8 Å². The van der Waals surface area contributed by atoms with Crippen LogP contribution in [0.3, 0.4) is 0 Å². The van der Waals surface area contributed by atoms with Crippen LogP contribution >= 0.6 is 0 Å². The van der Waals surface area contributed by atoms with Gasteiger partial charge < -0.3 is 14.7 Å². The van der Waals surface area contributed by atoms with E-state index in [4.69, 9.17) is 9.84 Å². The normalized spacial score (nSPS) is 18.2. The smallest absolute Gasteiger partial charge is 0.306 e. The van der Waals surface area contributed by atoms with E-state index in [-0.39, 0.29) is 24.2 Å². The van der Waals surface area contributed by atoms with E-state index < -0.39 is 5.97 Å². The van der Waals surface area contributed by atoms with Crippen molar-refractivity contribution in [1.29, 1.82) is 0 Å². The van der Waals surface area contributed by atoms with Crippen LogP contribution in [0, 0.1) is 11.7 Å². The molecule has 1 fully saturated rings. The Bertz CT molecular complexity index is 648. The summed E-state index contributed by atoms with van der Waals surface area (Å²) in [4.78, 5) is 25.0. The lowest BCUT2D eigenvalue weighted by molar-refractivity contribution is -0.145. The summed E-state index contributed by atoms with van der Waals surface area (Å²) in [6, 6.07) is 4.19. The quantitative estimate of drug-likeness (QED) is 0.906. The molecular weight excluding hydrogens is 289 g/mol. The lowest BCUT2D eigenvalue weighted by Crippen LogP contribution is -2.41. The molecule has 0 spiro atoms. The molecule has 0 unspecified atom stereocenters. The van der Waals surface area contributed by atoms with Gasteiger partial charge in [-0.15, -0.1) is 0 Å². The SMILES string of the molecule is O=C(O)C1CCN(C(=O)C2=Cc3cc(F)ccc3OC2)CC1. The first kappa shape index (κ1) is 14.6. The van der Waals surface area contributed by atoms with Gasteiger partial charge in [0.15, 0.2) is 0 Å². The van der Waals surface area contributed by atoms with Crippen molar-refractivity contribution in [3.63, 3.8) is 0 Å². The number of amides is 1. The number of hydrogen-bond acceptors (Lipinski definition) is 3. The largest absolute Gasteiger partial charge is 0.488 e. The van der Waals surface area contributed by atoms with E-state index in [1.165, 1.54) is 12.1 Å². The summed E-state index contributed by atoms with van der Waals surface area (Å²) in [7, 11) is 0. The number of nitrogens with zero attached hydrogens (tertiary/aromatic N) is 1. The summed E-state index contributed by atoms with van der Waals surface area (Å²) in [5.41, 5.74) is 1.02. The van der Waals surface area contributed by atoms with E-state index in [9.17, 15) is 14.0 Å². The van der Waals surface area contributed by atoms with Crippen LogP contribution in [0.25, 0.3) is 6.08 Å². The van der Waals surface area contributed by atoms with Crippen molar-refractivity contribution >= 4 is 18.0 Å². The van der Waals surface area contributed by atoms with Gasteiger partial charge in [0.2, 0.25) is 0 Å². The molecule has 6 heteroatoms. The summed E-state index contributed by atoms with van der Waals surface area (Å²) >= 11 is 0. The second-order valence-corrected chi connectivity index (χ2v) is 5.55. The molecule has 0 radical (unpaired) electrons. The van der Waals surface area contributed by atoms with Crippen molar-refractivity contribution in [1.82, 2.24) is 4.90 Å². The zero-order valence-corrected chi connectivity index (χ0v) is 11.9. The number of carbonyl (C=O) groups excluding carboxylic acids is 1. The van der Waals surface area contributed by atoms with Crippen molar-refractivity contribution in [2.45, 2.75) is 12.8 Å². The molecule has 1 aromatic carbocycles. The van der Waals surface area contributed by atoms with Crippen LogP contribution < -0.4 is 4.74 Å². The number of carboxylic acid groups (broad SMARTS) is 1. The Kier molecular flexibility index (Phi) is 3.83. The van der Waals surface area contributed by atoms with Gasteiger partial charge in [0.1, 0.15) is 18.2 Å². The third-order valence-electron chi connectivity index (χ3n) is 4.09. The highest BCUT2D eigenvalue weighted by Gasteiger charge is 2.29. The Morgan fingerprint density at radius 3 is 2.68 bits per heavy atom. The van der Waals surface area contributed by atoms with Crippen LogP contribution in [-0.4, -0.2) is 41.6 Å². The van der Waals surface area contributed by atoms with Gasteiger partial charge in [-0.3, -0.25) is 9.59 Å². The van der Waals surface area contributed by atoms with Crippen LogP contribution in [0.1, 0.15) is 18.4 Å². The number of likely N-dealkylation sites (tertiary alicyclic amines) is 1. The topological polar surface area (TPSA) is 66.8 Å². The molecule has 22 heavy (non-hydrogen) atoms. The lowest BCUT2D eigenvalue weighted by Gasteiger charge is -2.31. The fourth-order valence-electron chi connectivity index (χ4n) is 2.80. The minimum Gasteiger partial charge on any atom is -0.488 e. The summed E-state index contributed by atoms with van der Waals surface area (Å²) in [6.45, 7) is 0.989. The highest BCUT2D eigenvalue weighted by molar-refractivity contribution is 5.99. The number of hydrogen-bond donors (Lipinski definition) is 1. The Hall–Kier alpha value is -2.37. The molecule has 2 heterocycles. The first-order chi connectivity index (χ1) is 10.5. The molecule has 3 rings (SSSR count). The maximum absolute atomic E-state index is 13.3. The van der Waals surface area contributed by atoms with E-state index in [1.807, 2.05) is 0 Å². The predicted molar refractivity (Wildman–Crippen MR) is 76.8 cm³/mol. The standard InChI is InChI=1S/C16H16FNO4/c17-13-1-2-14-11(8-13)7-12(9-22-14)15(19)18-5-3-10(4-6-18)16(20)21/h1-2,7-8,10H,3-6,9H2,(H,20,21). The van der Waals surface area contributed by atoms with E-state index >= 15 is 0 Å². The Balaban J connectivity index is 1.72. The van der Waals surface area contributed by atoms with Gasteiger partial charge in [-0.1, -0.05) is 0 Å². The molecule has 1 aromatic rings. The fourth-order valence-corrected chi connectivity index (χ4v) is 2.80. The molecule has 116 valence electrons. The number of benzene rings is 1. The molecule has 0 bridgehead atoms. The third-order valence-corrected chi connectivity index (χ3v) is 4.09. The molecule has 0 aliphatic carbocycles. The molecule has 5 nitrogen and oxygen atoms in total. The molecule has 2 aliphatic rings. The molecule has 0 saturated carbocycles. The van der Waals surface area contributed by atoms with E-state index in [2.05, 4.69) is 0 Å². The highest BCUT2D eigenvalue weighted by atomic mass is 19.1. The highest BCUT2D eigenvalue weighted by Crippen LogP contribution is 2.28. The summed E-state index contributed by atoms with van der Waals surface area (Å²) < 4.78 is 18.7. The fraction of sp³-hybridized carbons (Fsp3) is 0.375. The summed E-state index contributed by atoms with van der Waals surface area (Å²) in [5, 5.41) is 8.98. The van der Waals surface area contributed by atoms with Gasteiger partial charge in [0, 0.05) is 18.7 Å². The van der Waals surface area contributed by atoms with Crippen LogP contribution in [0.2, 0.25) is 0 Å². The maximum atomic E-state index is 13.3. The van der Waals surface area contributed by atoms with Gasteiger partial charge in [-0.2, -0.15) is 0 Å². The zero-order chi connectivity index (χ0) is 15.7. The van der Waals surface area contributed by atoms with Crippen molar-refractivity contribution < 1.29 is 23.8 Å². The average molecular weight is 305 g/mol. The first-order valence-electron chi connectivity index (χ1n) is 7.19. The Labute approximate surface area is 127 Å². The number of carbonyl (C=O) groups is 2. The van der Waals surface area contributed by atoms with Crippen molar-refractivity contribution in [3.8, 4) is 5.75 Å². The van der Waals surface area contributed by atoms with Crippen molar-refractivity contribution in [3.05, 3.63) is 35.2 Å². The molecule has 1 amide bonds. The second kappa shape index (κ2) is 5.79. The van der Waals surface area contributed by atoms with Crippen LogP contribution in [0.15, 0.2) is 23.8 Å². The van der Waals surface area contributed by atoms with E-state index in [1.54, 1.807) is 17.0 Å². The number of aliphatic carboxylic acids is 1. The van der Waals surface area contributed by atoms with Crippen molar-refractivity contribution in [2.24, 2.45) is 5.92 Å². The van der Waals surface area contributed by atoms with Gasteiger partial charge in [-0.05, 0) is 37.1 Å². The molecule has 0 atom stereocenters. The van der Waals surface area contributed by atoms with Gasteiger partial charge >= 0.3 is 5.97 Å². The predicted octanol–water partition coefficient (Wildman–Crippen LogP) is 1.92. The van der Waals surface area contributed by atoms with Crippen LogP contribution in [0.4, 0.5) is 4.39 Å². The van der Waals surface area contributed by atoms with Gasteiger partial charge in [0.25, 0.3) is 5.91 Å². The van der Waals surface area contributed by atoms with E-state index in [0.717, 1.165) is 0 Å². The second-order valence-electron chi connectivity index (χ2n) is 5.55. The summed E-state index contributed by atoms with van der Waals surface area (Å²) in [5.74, 6) is -1.18. The monoisotopic (exact) mass is 305 g/mol. The zero-order valence-electron chi connectivity index (χ0n) is 11.9. The number of rotatable bonds is 2. The molecule has 1 saturated heterocycles. The average Bonchev–Trinajstić information content (AvgIpc) is 2.53. The number of fused-ring (bicyclic) bond motifs is 1. The maximum Gasteiger partial charge on any atom is 0.306 e. The minimum absolute atomic E-state index is 0.149. The van der Waals surface area contributed by atoms with Crippen LogP contribution in [0.5, 0.6) is 5.75 Å². The molecular formula is C16H16FNO4. The van der Waals surface area contributed by atoms with Crippen LogP contribution in [-0.2, 0) is 9.59 Å². The minimum atomic E-state index is -0.809. The molecule has 1 N–H and O–H groups in total. The molecule has 2 aliphatic heterocycles. The number of piperidine rings is 1. The van der Waals surface area contributed by atoms with Gasteiger partial charge in [0.05, 0.1) is 11.5 Å². The number of halogens is 1. The number of carboxylic acids is 1. The third kappa shape index (κ3) is 2.81. The molecule has 0 aromatic heterocycles. The summed E-state index contributed by atoms with van der Waals surface area (Å²) in [6.07, 6.45) is 2.56. The number of ether oxygens (including phenoxy) is 1. The first-order valence-corrected chi connectivity index (χ1v) is 7.19. The Morgan fingerprint density at radius 1 is 1.27 bits per heavy atom. The lowest BCUT2D eigenvalue weighted by atomic mass is 9.96. The van der Waals surface area contributed by atoms with Gasteiger partial charge in [-0.25, -0.2) is 4.39 Å². The Morgan fingerprint density at radius 2 is 2.00 bits per heavy atom.